The van der Waals surface area contributed by atoms with Crippen LogP contribution in [0.5, 0.6) is 0 Å². The summed E-state index contributed by atoms with van der Waals surface area (Å²) in [5.74, 6) is -2.53. The molecule has 0 aromatic heterocycles. The first-order valence-electron chi connectivity index (χ1n) is 10.7. The van der Waals surface area contributed by atoms with E-state index in [1.165, 1.54) is 0 Å². The minimum absolute atomic E-state index is 0.0442. The van der Waals surface area contributed by atoms with Gasteiger partial charge in [0, 0.05) is 5.92 Å². The molecule has 2 atom stereocenters. The molecular weight excluding hydrogens is 408 g/mol. The average molecular weight is 439 g/mol. The molecule has 1 aliphatic rings. The highest BCUT2D eigenvalue weighted by atomic mass is 16.5. The van der Waals surface area contributed by atoms with Crippen molar-refractivity contribution >= 4 is 17.7 Å². The van der Waals surface area contributed by atoms with Gasteiger partial charge in [-0.1, -0.05) is 48.5 Å². The van der Waals surface area contributed by atoms with E-state index in [1.54, 1.807) is 6.92 Å². The molecule has 170 valence electrons. The van der Waals surface area contributed by atoms with E-state index < -0.39 is 42.0 Å². The first-order chi connectivity index (χ1) is 15.1. The van der Waals surface area contributed by atoms with Crippen LogP contribution in [0.15, 0.2) is 48.5 Å². The van der Waals surface area contributed by atoms with Gasteiger partial charge in [0.25, 0.3) is 5.78 Å². The van der Waals surface area contributed by atoms with E-state index in [-0.39, 0.29) is 12.5 Å². The number of Topliss-reactive ketones (excluding diaryl/α,β-unsaturated/α-hetero) is 1. The molecule has 0 aliphatic heterocycles. The Morgan fingerprint density at radius 1 is 1.00 bits per heavy atom. The summed E-state index contributed by atoms with van der Waals surface area (Å²) in [6.45, 7) is 6.81. The molecule has 32 heavy (non-hydrogen) atoms. The van der Waals surface area contributed by atoms with Crippen molar-refractivity contribution in [3.63, 3.8) is 0 Å². The molecule has 7 nitrogen and oxygen atoms in total. The highest BCUT2D eigenvalue weighted by molar-refractivity contribution is 6.34. The summed E-state index contributed by atoms with van der Waals surface area (Å²) in [4.78, 5) is 36.7. The summed E-state index contributed by atoms with van der Waals surface area (Å²) in [7, 11) is 0. The van der Waals surface area contributed by atoms with Crippen molar-refractivity contribution in [2.24, 2.45) is 5.73 Å². The van der Waals surface area contributed by atoms with Crippen molar-refractivity contribution in [2.75, 3.05) is 13.2 Å². The first-order valence-corrected chi connectivity index (χ1v) is 10.7. The van der Waals surface area contributed by atoms with Crippen molar-refractivity contribution in [1.29, 1.82) is 0 Å². The second-order valence-electron chi connectivity index (χ2n) is 8.93. The van der Waals surface area contributed by atoms with Crippen LogP contribution in [0.25, 0.3) is 11.1 Å². The lowest BCUT2D eigenvalue weighted by molar-refractivity contribution is -0.153. The monoisotopic (exact) mass is 438 g/mol. The van der Waals surface area contributed by atoms with Gasteiger partial charge in [0.05, 0.1) is 18.2 Å². The molecule has 2 aromatic rings. The Kier molecular flexibility index (Phi) is 7.11. The molecule has 3 N–H and O–H groups in total. The van der Waals surface area contributed by atoms with Crippen molar-refractivity contribution < 1.29 is 23.9 Å². The second-order valence-corrected chi connectivity index (χ2v) is 8.93. The normalized spacial score (nSPS) is 14.8. The zero-order chi connectivity index (χ0) is 23.5. The predicted octanol–water partition coefficient (Wildman–Crippen LogP) is 2.56. The number of ketones is 1. The number of ether oxygens (including phenoxy) is 2. The highest BCUT2D eigenvalue weighted by Gasteiger charge is 2.30. The maximum atomic E-state index is 12.2. The number of hydrogen-bond acceptors (Lipinski definition) is 6. The highest BCUT2D eigenvalue weighted by Crippen LogP contribution is 2.44. The van der Waals surface area contributed by atoms with Gasteiger partial charge in [-0.3, -0.25) is 9.59 Å². The van der Waals surface area contributed by atoms with Gasteiger partial charge in [0.1, 0.15) is 12.6 Å². The van der Waals surface area contributed by atoms with Gasteiger partial charge < -0.3 is 20.5 Å². The van der Waals surface area contributed by atoms with Crippen LogP contribution in [0.2, 0.25) is 0 Å². The SMILES string of the molecule is C[C@@H](OC(C)(C)C)[C@H](N)C(=O)NCC(=O)C(=O)OCC1c2ccccc2-c2ccccc21. The molecule has 0 heterocycles. The van der Waals surface area contributed by atoms with E-state index >= 15 is 0 Å². The van der Waals surface area contributed by atoms with Gasteiger partial charge in [0.15, 0.2) is 0 Å². The van der Waals surface area contributed by atoms with Crippen molar-refractivity contribution in [3.05, 3.63) is 59.7 Å². The first kappa shape index (κ1) is 23.6. The molecule has 0 bridgehead atoms. The summed E-state index contributed by atoms with van der Waals surface area (Å²) < 4.78 is 11.0. The van der Waals surface area contributed by atoms with E-state index in [2.05, 4.69) is 5.32 Å². The summed E-state index contributed by atoms with van der Waals surface area (Å²) >= 11 is 0. The van der Waals surface area contributed by atoms with Crippen LogP contribution in [-0.4, -0.2) is 48.6 Å². The number of nitrogens with one attached hydrogen (secondary N) is 1. The lowest BCUT2D eigenvalue weighted by atomic mass is 9.98. The summed E-state index contributed by atoms with van der Waals surface area (Å²) in [6.07, 6.45) is -0.556. The van der Waals surface area contributed by atoms with Gasteiger partial charge in [-0.05, 0) is 49.9 Å². The number of nitrogens with two attached hydrogens (primary N) is 1. The second kappa shape index (κ2) is 9.63. The van der Waals surface area contributed by atoms with E-state index in [4.69, 9.17) is 15.2 Å². The number of rotatable bonds is 8. The number of carbonyl (C=O) groups excluding carboxylic acids is 3. The van der Waals surface area contributed by atoms with Crippen molar-refractivity contribution in [2.45, 2.75) is 51.4 Å². The number of carbonyl (C=O) groups is 3. The van der Waals surface area contributed by atoms with E-state index in [0.29, 0.717) is 0 Å². The third-order valence-corrected chi connectivity index (χ3v) is 5.34. The Hall–Kier alpha value is -3.03. The quantitative estimate of drug-likeness (QED) is 0.484. The molecule has 0 saturated carbocycles. The molecule has 3 rings (SSSR count). The summed E-state index contributed by atoms with van der Waals surface area (Å²) in [5, 5.41) is 2.39. The van der Waals surface area contributed by atoms with E-state index in [0.717, 1.165) is 22.3 Å². The van der Waals surface area contributed by atoms with Crippen molar-refractivity contribution in [1.82, 2.24) is 5.32 Å². The molecule has 0 fully saturated rings. The molecule has 0 radical (unpaired) electrons. The molecule has 0 unspecified atom stereocenters. The van der Waals surface area contributed by atoms with Gasteiger partial charge in [0.2, 0.25) is 5.91 Å². The Morgan fingerprint density at radius 3 is 2.06 bits per heavy atom. The molecule has 7 heteroatoms. The zero-order valence-electron chi connectivity index (χ0n) is 18.9. The van der Waals surface area contributed by atoms with Crippen molar-refractivity contribution in [3.8, 4) is 11.1 Å². The fourth-order valence-electron chi connectivity index (χ4n) is 3.88. The Balaban J connectivity index is 1.54. The van der Waals surface area contributed by atoms with Crippen LogP contribution in [0.3, 0.4) is 0 Å². The number of esters is 1. The van der Waals surface area contributed by atoms with E-state index in [9.17, 15) is 14.4 Å². The van der Waals surface area contributed by atoms with Crippen LogP contribution in [0, 0.1) is 0 Å². The number of amides is 1. The Labute approximate surface area is 188 Å². The third kappa shape index (κ3) is 5.41. The Bertz CT molecular complexity index is 966. The van der Waals surface area contributed by atoms with Gasteiger partial charge in [-0.15, -0.1) is 0 Å². The van der Waals surface area contributed by atoms with Crippen LogP contribution in [0.4, 0.5) is 0 Å². The number of hydrogen-bond donors (Lipinski definition) is 2. The average Bonchev–Trinajstić information content (AvgIpc) is 3.07. The minimum Gasteiger partial charge on any atom is -0.459 e. The summed E-state index contributed by atoms with van der Waals surface area (Å²) in [6, 6.07) is 14.9. The van der Waals surface area contributed by atoms with Crippen LogP contribution in [0.1, 0.15) is 44.7 Å². The molecule has 0 saturated heterocycles. The van der Waals surface area contributed by atoms with Crippen LogP contribution < -0.4 is 11.1 Å². The lowest BCUT2D eigenvalue weighted by Gasteiger charge is -2.28. The minimum atomic E-state index is -0.986. The van der Waals surface area contributed by atoms with E-state index in [1.807, 2.05) is 69.3 Å². The topological polar surface area (TPSA) is 108 Å². The largest absolute Gasteiger partial charge is 0.459 e. The van der Waals surface area contributed by atoms with Gasteiger partial charge >= 0.3 is 5.97 Å². The molecule has 1 aliphatic carbocycles. The maximum Gasteiger partial charge on any atom is 0.376 e. The fraction of sp³-hybridized carbons (Fsp3) is 0.400. The van der Waals surface area contributed by atoms with Gasteiger partial charge in [-0.25, -0.2) is 4.79 Å². The van der Waals surface area contributed by atoms with Crippen LogP contribution in [-0.2, 0) is 23.9 Å². The Morgan fingerprint density at radius 2 is 1.53 bits per heavy atom. The molecule has 1 amide bonds. The smallest absolute Gasteiger partial charge is 0.376 e. The fourth-order valence-corrected chi connectivity index (χ4v) is 3.88. The molecule has 0 spiro atoms. The maximum absolute atomic E-state index is 12.2. The summed E-state index contributed by atoms with van der Waals surface area (Å²) in [5.41, 5.74) is 9.75. The lowest BCUT2D eigenvalue weighted by Crippen LogP contribution is -2.51. The standard InChI is InChI=1S/C25H30N2O5/c1-15(32-25(2,3)4)22(26)23(29)27-13-21(28)24(30)31-14-20-18-11-7-5-9-16(18)17-10-6-8-12-19(17)20/h5-12,15,20,22H,13-14,26H2,1-4H3,(H,27,29)/t15-,22+/m1/s1. The van der Waals surface area contributed by atoms with Gasteiger partial charge in [-0.2, -0.15) is 0 Å². The predicted molar refractivity (Wildman–Crippen MR) is 121 cm³/mol. The molecule has 2 aromatic carbocycles. The number of fused-ring (bicyclic) bond motifs is 3. The zero-order valence-corrected chi connectivity index (χ0v) is 18.9. The number of benzene rings is 2. The van der Waals surface area contributed by atoms with Crippen LogP contribution >= 0.6 is 0 Å². The third-order valence-electron chi connectivity index (χ3n) is 5.34. The molecular formula is C25H30N2O5.